The lowest BCUT2D eigenvalue weighted by molar-refractivity contribution is -0.137. The quantitative estimate of drug-likeness (QED) is 0.639. The fourth-order valence-corrected chi connectivity index (χ4v) is 3.51. The number of aromatic nitrogens is 2. The number of carbonyl (C=O) groups is 1. The van der Waals surface area contributed by atoms with Gasteiger partial charge in [0.05, 0.1) is 29.9 Å². The number of likely N-dealkylation sites (tertiary alicyclic amines) is 1. The Hall–Kier alpha value is -3.33. The van der Waals surface area contributed by atoms with Crippen LogP contribution >= 0.6 is 0 Å². The van der Waals surface area contributed by atoms with Crippen LogP contribution in [0.5, 0.6) is 5.75 Å². The van der Waals surface area contributed by atoms with Crippen LogP contribution in [0.3, 0.4) is 0 Å². The van der Waals surface area contributed by atoms with E-state index in [4.69, 9.17) is 13.9 Å². The average Bonchev–Trinajstić information content (AvgIpc) is 3.27. The van der Waals surface area contributed by atoms with Gasteiger partial charge in [0.2, 0.25) is 0 Å². The first-order chi connectivity index (χ1) is 15.3. The summed E-state index contributed by atoms with van der Waals surface area (Å²) in [6, 6.07) is 2.48. The summed E-state index contributed by atoms with van der Waals surface area (Å²) in [6.45, 7) is 0.633. The number of nitrogens with one attached hydrogen (secondary N) is 1. The highest BCUT2D eigenvalue weighted by molar-refractivity contribution is 5.90. The van der Waals surface area contributed by atoms with Crippen LogP contribution in [-0.4, -0.2) is 59.5 Å². The maximum Gasteiger partial charge on any atom is 0.416 e. The second kappa shape index (κ2) is 8.66. The van der Waals surface area contributed by atoms with Gasteiger partial charge in [0.25, 0.3) is 5.89 Å². The number of nitriles is 1. The van der Waals surface area contributed by atoms with Crippen molar-refractivity contribution < 1.29 is 31.9 Å². The van der Waals surface area contributed by atoms with Crippen LogP contribution in [0, 0.1) is 11.5 Å². The third kappa shape index (κ3) is 4.77. The maximum absolute atomic E-state index is 13.2. The van der Waals surface area contributed by atoms with E-state index < -0.39 is 23.5 Å². The van der Waals surface area contributed by atoms with Gasteiger partial charge in [0.1, 0.15) is 5.75 Å². The topological polar surface area (TPSA) is 114 Å². The summed E-state index contributed by atoms with van der Waals surface area (Å²) in [5.41, 5.74) is -0.929. The van der Waals surface area contributed by atoms with E-state index in [0.29, 0.717) is 19.6 Å². The van der Waals surface area contributed by atoms with Gasteiger partial charge in [-0.25, -0.2) is 0 Å². The van der Waals surface area contributed by atoms with Gasteiger partial charge in [0, 0.05) is 19.7 Å². The molecule has 2 heterocycles. The first-order valence-corrected chi connectivity index (χ1v) is 9.96. The number of alkyl halides is 3. The molecule has 0 spiro atoms. The SMILES string of the molecule is COCC1C[C@@H](NC(=O)c2nnc(-c3cc(C(F)(F)F)ccc3OC3CC3)o2)CN1C#N. The molecular formula is C20H20F3N5O4. The third-order valence-electron chi connectivity index (χ3n) is 5.21. The van der Waals surface area contributed by atoms with E-state index >= 15 is 0 Å². The van der Waals surface area contributed by atoms with E-state index in [1.807, 2.05) is 0 Å². The molecule has 4 rings (SSSR count). The molecule has 1 saturated carbocycles. The second-order valence-electron chi connectivity index (χ2n) is 7.71. The van der Waals surface area contributed by atoms with Crippen molar-refractivity contribution >= 4 is 5.91 Å². The molecule has 2 aromatic rings. The van der Waals surface area contributed by atoms with Crippen molar-refractivity contribution in [3.63, 3.8) is 0 Å². The molecule has 2 fully saturated rings. The number of rotatable bonds is 7. The molecule has 1 aliphatic carbocycles. The van der Waals surface area contributed by atoms with Gasteiger partial charge >= 0.3 is 18.0 Å². The molecule has 1 amide bonds. The largest absolute Gasteiger partial charge is 0.490 e. The molecule has 9 nitrogen and oxygen atoms in total. The lowest BCUT2D eigenvalue weighted by Gasteiger charge is -2.15. The molecule has 1 unspecified atom stereocenters. The Morgan fingerprint density at radius 2 is 2.16 bits per heavy atom. The molecule has 2 atom stereocenters. The van der Waals surface area contributed by atoms with Gasteiger partial charge in [-0.1, -0.05) is 0 Å². The minimum Gasteiger partial charge on any atom is -0.490 e. The number of nitrogens with zero attached hydrogens (tertiary/aromatic N) is 4. The number of hydrogen-bond donors (Lipinski definition) is 1. The first-order valence-electron chi connectivity index (χ1n) is 9.96. The molecule has 170 valence electrons. The highest BCUT2D eigenvalue weighted by atomic mass is 19.4. The van der Waals surface area contributed by atoms with E-state index in [1.54, 1.807) is 0 Å². The van der Waals surface area contributed by atoms with Crippen molar-refractivity contribution in [1.82, 2.24) is 20.4 Å². The number of ether oxygens (including phenoxy) is 2. The number of methoxy groups -OCH3 is 1. The van der Waals surface area contributed by atoms with Crippen LogP contribution in [-0.2, 0) is 10.9 Å². The van der Waals surface area contributed by atoms with Crippen molar-refractivity contribution in [2.75, 3.05) is 20.3 Å². The zero-order valence-electron chi connectivity index (χ0n) is 17.1. The minimum absolute atomic E-state index is 0.0324. The molecule has 1 saturated heterocycles. The second-order valence-corrected chi connectivity index (χ2v) is 7.71. The zero-order chi connectivity index (χ0) is 22.9. The number of halogens is 3. The Labute approximate surface area is 181 Å². The maximum atomic E-state index is 13.2. The minimum atomic E-state index is -4.57. The molecule has 1 aromatic heterocycles. The van der Waals surface area contributed by atoms with Crippen molar-refractivity contribution in [3.05, 3.63) is 29.7 Å². The van der Waals surface area contributed by atoms with Crippen LogP contribution in [0.2, 0.25) is 0 Å². The lowest BCUT2D eigenvalue weighted by Crippen LogP contribution is -2.36. The van der Waals surface area contributed by atoms with Gasteiger partial charge in [-0.05, 0) is 37.5 Å². The summed E-state index contributed by atoms with van der Waals surface area (Å²) < 4.78 is 55.7. The molecular weight excluding hydrogens is 431 g/mol. The van der Waals surface area contributed by atoms with Crippen LogP contribution in [0.4, 0.5) is 13.2 Å². The first kappa shape index (κ1) is 21.9. The van der Waals surface area contributed by atoms with E-state index in [2.05, 4.69) is 21.7 Å². The van der Waals surface area contributed by atoms with E-state index in [-0.39, 0.29) is 35.4 Å². The summed E-state index contributed by atoms with van der Waals surface area (Å²) in [5.74, 6) is -1.15. The summed E-state index contributed by atoms with van der Waals surface area (Å²) in [7, 11) is 1.52. The Balaban J connectivity index is 1.52. The third-order valence-corrected chi connectivity index (χ3v) is 5.21. The highest BCUT2D eigenvalue weighted by Crippen LogP contribution is 2.39. The highest BCUT2D eigenvalue weighted by Gasteiger charge is 2.35. The van der Waals surface area contributed by atoms with Crippen LogP contribution in [0.25, 0.3) is 11.5 Å². The van der Waals surface area contributed by atoms with E-state index in [0.717, 1.165) is 25.0 Å². The van der Waals surface area contributed by atoms with Crippen molar-refractivity contribution in [1.29, 1.82) is 5.26 Å². The molecule has 0 radical (unpaired) electrons. The van der Waals surface area contributed by atoms with Gasteiger partial charge in [-0.2, -0.15) is 18.4 Å². The number of amides is 1. The summed E-state index contributed by atoms with van der Waals surface area (Å²) in [4.78, 5) is 14.1. The molecule has 12 heteroatoms. The molecule has 1 aromatic carbocycles. The smallest absolute Gasteiger partial charge is 0.416 e. The van der Waals surface area contributed by atoms with Crippen molar-refractivity contribution in [2.45, 2.75) is 43.6 Å². The Morgan fingerprint density at radius 1 is 1.38 bits per heavy atom. The van der Waals surface area contributed by atoms with Gasteiger partial charge in [-0.15, -0.1) is 10.2 Å². The normalized spacial score (nSPS) is 20.8. The Morgan fingerprint density at radius 3 is 2.81 bits per heavy atom. The zero-order valence-corrected chi connectivity index (χ0v) is 17.1. The van der Waals surface area contributed by atoms with Crippen LogP contribution in [0.1, 0.15) is 35.5 Å². The number of benzene rings is 1. The van der Waals surface area contributed by atoms with Crippen molar-refractivity contribution in [3.8, 4) is 23.4 Å². The van der Waals surface area contributed by atoms with Gasteiger partial charge < -0.3 is 24.1 Å². The summed E-state index contributed by atoms with van der Waals surface area (Å²) in [5, 5.41) is 19.4. The van der Waals surface area contributed by atoms with E-state index in [1.165, 1.54) is 18.1 Å². The molecule has 2 aliphatic rings. The molecule has 0 bridgehead atoms. The number of carbonyl (C=O) groups excluding carboxylic acids is 1. The summed E-state index contributed by atoms with van der Waals surface area (Å²) in [6.07, 6.45) is -0.475. The monoisotopic (exact) mass is 451 g/mol. The van der Waals surface area contributed by atoms with Crippen LogP contribution < -0.4 is 10.1 Å². The summed E-state index contributed by atoms with van der Waals surface area (Å²) >= 11 is 0. The van der Waals surface area contributed by atoms with Crippen molar-refractivity contribution in [2.24, 2.45) is 0 Å². The lowest BCUT2D eigenvalue weighted by atomic mass is 10.1. The number of hydrogen-bond acceptors (Lipinski definition) is 8. The molecule has 32 heavy (non-hydrogen) atoms. The Kier molecular flexibility index (Phi) is 5.92. The van der Waals surface area contributed by atoms with Crippen LogP contribution in [0.15, 0.2) is 22.6 Å². The standard InChI is InChI=1S/C20H20F3N5O4/c1-30-9-13-7-12(8-28(13)10-24)25-17(29)19-27-26-18(32-19)15-6-11(20(21,22)23)2-5-16(15)31-14-3-4-14/h2,5-6,12-14H,3-4,7-9H2,1H3,(H,25,29)/t12-,13?/m1/s1. The predicted octanol–water partition coefficient (Wildman–Crippen LogP) is 2.60. The van der Waals surface area contributed by atoms with Gasteiger partial charge in [0.15, 0.2) is 6.19 Å². The fourth-order valence-electron chi connectivity index (χ4n) is 3.51. The van der Waals surface area contributed by atoms with Gasteiger partial charge in [-0.3, -0.25) is 4.79 Å². The fraction of sp³-hybridized carbons (Fsp3) is 0.500. The predicted molar refractivity (Wildman–Crippen MR) is 102 cm³/mol. The van der Waals surface area contributed by atoms with E-state index in [9.17, 15) is 23.2 Å². The average molecular weight is 451 g/mol. The Bertz CT molecular complexity index is 1030. The molecule has 1 aliphatic heterocycles. The molecule has 1 N–H and O–H groups in total.